The topological polar surface area (TPSA) is 0 Å². The minimum Gasteiger partial charge on any atom is -0.0654 e. The second-order valence-corrected chi connectivity index (χ2v) is 5.15. The lowest BCUT2D eigenvalue weighted by molar-refractivity contribution is 0.189. The molecule has 0 unspecified atom stereocenters. The van der Waals surface area contributed by atoms with Crippen LogP contribution in [0.1, 0.15) is 72.1 Å². The lowest BCUT2D eigenvalue weighted by Gasteiger charge is -2.33. The molecule has 0 bridgehead atoms. The van der Waals surface area contributed by atoms with Crippen LogP contribution in [-0.2, 0) is 0 Å². The highest BCUT2D eigenvalue weighted by molar-refractivity contribution is 4.76. The van der Waals surface area contributed by atoms with E-state index in [0.29, 0.717) is 0 Å². The van der Waals surface area contributed by atoms with E-state index in [9.17, 15) is 0 Å². The van der Waals surface area contributed by atoms with Crippen molar-refractivity contribution >= 4 is 0 Å². The predicted molar refractivity (Wildman–Crippen MR) is 64.4 cm³/mol. The maximum absolute atomic E-state index is 2.37. The molecule has 0 saturated heterocycles. The molecule has 0 heterocycles. The van der Waals surface area contributed by atoms with Crippen molar-refractivity contribution in [3.05, 3.63) is 0 Å². The molecule has 1 aliphatic rings. The molecule has 0 nitrogen and oxygen atoms in total. The second-order valence-electron chi connectivity index (χ2n) is 5.15. The average molecular weight is 196 g/mol. The molecule has 0 aromatic carbocycles. The van der Waals surface area contributed by atoms with Crippen molar-refractivity contribution in [1.29, 1.82) is 0 Å². The first-order valence-electron chi connectivity index (χ1n) is 6.81. The van der Waals surface area contributed by atoms with Crippen LogP contribution in [0.15, 0.2) is 0 Å². The van der Waals surface area contributed by atoms with E-state index >= 15 is 0 Å². The Morgan fingerprint density at radius 1 is 0.929 bits per heavy atom. The highest BCUT2D eigenvalue weighted by Crippen LogP contribution is 2.37. The van der Waals surface area contributed by atoms with Gasteiger partial charge in [-0.3, -0.25) is 0 Å². The molecule has 1 aliphatic carbocycles. The smallest absolute Gasteiger partial charge is 0.0386 e. The maximum Gasteiger partial charge on any atom is -0.0386 e. The van der Waals surface area contributed by atoms with Crippen molar-refractivity contribution in [2.75, 3.05) is 0 Å². The molecule has 14 heavy (non-hydrogen) atoms. The third kappa shape index (κ3) is 3.29. The van der Waals surface area contributed by atoms with Crippen molar-refractivity contribution < 1.29 is 0 Å². The molecule has 0 radical (unpaired) electrons. The van der Waals surface area contributed by atoms with Crippen LogP contribution in [0, 0.1) is 17.8 Å². The molecule has 0 aliphatic heterocycles. The van der Waals surface area contributed by atoms with Crippen LogP contribution in [-0.4, -0.2) is 0 Å². The van der Waals surface area contributed by atoms with Crippen LogP contribution in [0.25, 0.3) is 0 Å². The molecule has 0 amide bonds. The fourth-order valence-electron chi connectivity index (χ4n) is 3.31. The van der Waals surface area contributed by atoms with Gasteiger partial charge in [0.05, 0.1) is 0 Å². The maximum atomic E-state index is 2.37. The average Bonchev–Trinajstić information content (AvgIpc) is 2.23. The minimum absolute atomic E-state index is 1.03. The second kappa shape index (κ2) is 6.48. The van der Waals surface area contributed by atoms with Gasteiger partial charge in [-0.15, -0.1) is 0 Å². The summed E-state index contributed by atoms with van der Waals surface area (Å²) in [5.41, 5.74) is 0. The molecule has 0 N–H and O–H groups in total. The minimum atomic E-state index is 1.03. The first kappa shape index (κ1) is 12.1. The van der Waals surface area contributed by atoms with Crippen molar-refractivity contribution in [3.8, 4) is 0 Å². The summed E-state index contributed by atoms with van der Waals surface area (Å²) in [5, 5.41) is 0. The highest BCUT2D eigenvalue weighted by atomic mass is 14.3. The summed E-state index contributed by atoms with van der Waals surface area (Å²) in [6.07, 6.45) is 11.8. The fourth-order valence-corrected chi connectivity index (χ4v) is 3.31. The van der Waals surface area contributed by atoms with Crippen molar-refractivity contribution in [3.63, 3.8) is 0 Å². The molecular formula is C14H28. The van der Waals surface area contributed by atoms with E-state index in [2.05, 4.69) is 20.8 Å². The summed E-state index contributed by atoms with van der Waals surface area (Å²) < 4.78 is 0. The third-order valence-electron chi connectivity index (χ3n) is 4.30. The Labute approximate surface area is 90.5 Å². The summed E-state index contributed by atoms with van der Waals surface area (Å²) in [4.78, 5) is 0. The normalized spacial score (nSPS) is 28.3. The van der Waals surface area contributed by atoms with E-state index in [1.165, 1.54) is 51.4 Å². The Kier molecular flexibility index (Phi) is 5.59. The zero-order valence-corrected chi connectivity index (χ0v) is 10.4. The monoisotopic (exact) mass is 196 g/mol. The van der Waals surface area contributed by atoms with Gasteiger partial charge in [0.2, 0.25) is 0 Å². The van der Waals surface area contributed by atoms with E-state index in [0.717, 1.165) is 17.8 Å². The van der Waals surface area contributed by atoms with E-state index in [-0.39, 0.29) is 0 Å². The van der Waals surface area contributed by atoms with E-state index in [1.54, 1.807) is 0 Å². The molecule has 1 rings (SSSR count). The molecule has 0 aromatic rings. The van der Waals surface area contributed by atoms with Crippen LogP contribution in [0.4, 0.5) is 0 Å². The van der Waals surface area contributed by atoms with E-state index in [1.807, 2.05) is 0 Å². The van der Waals surface area contributed by atoms with Crippen molar-refractivity contribution in [1.82, 2.24) is 0 Å². The summed E-state index contributed by atoms with van der Waals surface area (Å²) in [7, 11) is 0. The molecule has 1 saturated carbocycles. The SMILES string of the molecule is CCCC1CCC(C(CC)CC)CC1. The summed E-state index contributed by atoms with van der Waals surface area (Å²) in [6, 6.07) is 0. The van der Waals surface area contributed by atoms with Crippen molar-refractivity contribution in [2.45, 2.75) is 72.1 Å². The van der Waals surface area contributed by atoms with E-state index in [4.69, 9.17) is 0 Å². The van der Waals surface area contributed by atoms with Crippen LogP contribution in [0.3, 0.4) is 0 Å². The van der Waals surface area contributed by atoms with Gasteiger partial charge in [0.25, 0.3) is 0 Å². The Bertz CT molecular complexity index is 127. The Hall–Kier alpha value is 0. The van der Waals surface area contributed by atoms with Crippen LogP contribution in [0.2, 0.25) is 0 Å². The molecule has 0 atom stereocenters. The van der Waals surface area contributed by atoms with Gasteiger partial charge < -0.3 is 0 Å². The number of rotatable bonds is 5. The Morgan fingerprint density at radius 2 is 1.50 bits per heavy atom. The van der Waals surface area contributed by atoms with E-state index < -0.39 is 0 Å². The molecule has 0 aromatic heterocycles. The van der Waals surface area contributed by atoms with Gasteiger partial charge in [0.1, 0.15) is 0 Å². The number of hydrogen-bond donors (Lipinski definition) is 0. The van der Waals surface area contributed by atoms with Gasteiger partial charge in [-0.1, -0.05) is 59.3 Å². The predicted octanol–water partition coefficient (Wildman–Crippen LogP) is 5.03. The summed E-state index contributed by atoms with van der Waals surface area (Å²) >= 11 is 0. The summed E-state index contributed by atoms with van der Waals surface area (Å²) in [6.45, 7) is 7.06. The highest BCUT2D eigenvalue weighted by Gasteiger charge is 2.24. The molecule has 0 heteroatoms. The molecule has 84 valence electrons. The van der Waals surface area contributed by atoms with Crippen LogP contribution in [0.5, 0.6) is 0 Å². The first-order valence-corrected chi connectivity index (χ1v) is 6.81. The fraction of sp³-hybridized carbons (Fsp3) is 1.00. The van der Waals surface area contributed by atoms with Gasteiger partial charge in [-0.25, -0.2) is 0 Å². The van der Waals surface area contributed by atoms with Crippen LogP contribution < -0.4 is 0 Å². The summed E-state index contributed by atoms with van der Waals surface area (Å²) in [5.74, 6) is 3.17. The Balaban J connectivity index is 2.27. The zero-order valence-electron chi connectivity index (χ0n) is 10.4. The largest absolute Gasteiger partial charge is 0.0654 e. The molecular weight excluding hydrogens is 168 g/mol. The number of hydrogen-bond acceptors (Lipinski definition) is 0. The zero-order chi connectivity index (χ0) is 10.4. The standard InChI is InChI=1S/C14H28/c1-4-7-12-8-10-14(11-9-12)13(5-2)6-3/h12-14H,4-11H2,1-3H3. The third-order valence-corrected chi connectivity index (χ3v) is 4.30. The van der Waals surface area contributed by atoms with Crippen molar-refractivity contribution in [2.24, 2.45) is 17.8 Å². The molecule has 1 fully saturated rings. The first-order chi connectivity index (χ1) is 6.81. The van der Waals surface area contributed by atoms with Gasteiger partial charge in [-0.05, 0) is 30.6 Å². The van der Waals surface area contributed by atoms with Gasteiger partial charge in [0.15, 0.2) is 0 Å². The van der Waals surface area contributed by atoms with Gasteiger partial charge in [0, 0.05) is 0 Å². The lowest BCUT2D eigenvalue weighted by atomic mass is 9.73. The van der Waals surface area contributed by atoms with Crippen LogP contribution >= 0.6 is 0 Å². The molecule has 0 spiro atoms. The van der Waals surface area contributed by atoms with Gasteiger partial charge >= 0.3 is 0 Å². The Morgan fingerprint density at radius 3 is 1.93 bits per heavy atom. The van der Waals surface area contributed by atoms with Gasteiger partial charge in [-0.2, -0.15) is 0 Å². The lowest BCUT2D eigenvalue weighted by Crippen LogP contribution is -2.21. The quantitative estimate of drug-likeness (QED) is 0.578.